The molecule has 4 heteroatoms. The molecule has 0 bridgehead atoms. The van der Waals surface area contributed by atoms with Crippen molar-refractivity contribution in [1.29, 1.82) is 0 Å². The molecule has 0 fully saturated rings. The van der Waals surface area contributed by atoms with Crippen LogP contribution in [0.25, 0.3) is 0 Å². The number of carboxylic acid groups (broad SMARTS) is 1. The zero-order valence-electron chi connectivity index (χ0n) is 8.38. The molecule has 0 spiro atoms. The van der Waals surface area contributed by atoms with Crippen LogP contribution in [0.1, 0.15) is 24.2 Å². The van der Waals surface area contributed by atoms with Crippen LogP contribution in [0.15, 0.2) is 10.5 Å². The van der Waals surface area contributed by atoms with Gasteiger partial charge in [0.2, 0.25) is 0 Å². The van der Waals surface area contributed by atoms with E-state index < -0.39 is 5.97 Å². The van der Waals surface area contributed by atoms with Crippen molar-refractivity contribution >= 4 is 21.9 Å². The van der Waals surface area contributed by atoms with Gasteiger partial charge in [0.15, 0.2) is 0 Å². The summed E-state index contributed by atoms with van der Waals surface area (Å²) >= 11 is 3.45. The molecule has 0 unspecified atom stereocenters. The van der Waals surface area contributed by atoms with Crippen LogP contribution in [0.3, 0.4) is 0 Å². The summed E-state index contributed by atoms with van der Waals surface area (Å²) < 4.78 is 3.22. The lowest BCUT2D eigenvalue weighted by molar-refractivity contribution is -0.137. The van der Waals surface area contributed by atoms with Crippen LogP contribution < -0.4 is 0 Å². The maximum absolute atomic E-state index is 10.3. The average molecular weight is 260 g/mol. The highest BCUT2D eigenvalue weighted by atomic mass is 79.9. The topological polar surface area (TPSA) is 42.2 Å². The Kier molecular flexibility index (Phi) is 3.75. The zero-order valence-corrected chi connectivity index (χ0v) is 9.97. The van der Waals surface area contributed by atoms with Crippen LogP contribution in [0, 0.1) is 13.8 Å². The van der Waals surface area contributed by atoms with Gasteiger partial charge in [0.1, 0.15) is 0 Å². The number of aromatic nitrogens is 1. The second-order valence-electron chi connectivity index (χ2n) is 3.37. The second kappa shape index (κ2) is 4.64. The van der Waals surface area contributed by atoms with Crippen molar-refractivity contribution in [3.8, 4) is 0 Å². The number of rotatable bonds is 4. The van der Waals surface area contributed by atoms with E-state index in [0.29, 0.717) is 6.42 Å². The highest BCUT2D eigenvalue weighted by Crippen LogP contribution is 2.21. The van der Waals surface area contributed by atoms with Crippen molar-refractivity contribution in [1.82, 2.24) is 4.57 Å². The number of halogens is 1. The van der Waals surface area contributed by atoms with E-state index in [-0.39, 0.29) is 6.42 Å². The minimum Gasteiger partial charge on any atom is -0.481 e. The number of carbonyl (C=O) groups is 1. The Morgan fingerprint density at radius 2 is 2.21 bits per heavy atom. The monoisotopic (exact) mass is 259 g/mol. The van der Waals surface area contributed by atoms with Crippen LogP contribution >= 0.6 is 15.9 Å². The lowest BCUT2D eigenvalue weighted by Gasteiger charge is -2.07. The standard InChI is InChI=1S/C10H14BrNO2/c1-7-6-9(11)8(2)12(7)5-3-4-10(13)14/h6H,3-5H2,1-2H3,(H,13,14). The first-order valence-electron chi connectivity index (χ1n) is 4.56. The lowest BCUT2D eigenvalue weighted by Crippen LogP contribution is -2.04. The number of nitrogens with zero attached hydrogens (tertiary/aromatic N) is 1. The molecule has 0 aliphatic rings. The van der Waals surface area contributed by atoms with Crippen LogP contribution in [0.5, 0.6) is 0 Å². The summed E-state index contributed by atoms with van der Waals surface area (Å²) in [6, 6.07) is 2.05. The summed E-state index contributed by atoms with van der Waals surface area (Å²) in [5.74, 6) is -0.730. The predicted molar refractivity (Wildman–Crippen MR) is 58.5 cm³/mol. The van der Waals surface area contributed by atoms with E-state index in [1.165, 1.54) is 5.69 Å². The van der Waals surface area contributed by atoms with E-state index in [2.05, 4.69) is 26.6 Å². The molecule has 0 saturated heterocycles. The smallest absolute Gasteiger partial charge is 0.303 e. The van der Waals surface area contributed by atoms with Gasteiger partial charge < -0.3 is 9.67 Å². The molecular formula is C10H14BrNO2. The van der Waals surface area contributed by atoms with Gasteiger partial charge in [-0.2, -0.15) is 0 Å². The third-order valence-corrected chi connectivity index (χ3v) is 3.09. The maximum Gasteiger partial charge on any atom is 0.303 e. The summed E-state index contributed by atoms with van der Waals surface area (Å²) in [6.45, 7) is 4.83. The van der Waals surface area contributed by atoms with Crippen LogP contribution in [0.2, 0.25) is 0 Å². The number of hydrogen-bond acceptors (Lipinski definition) is 1. The van der Waals surface area contributed by atoms with Crippen molar-refractivity contribution in [3.63, 3.8) is 0 Å². The molecule has 14 heavy (non-hydrogen) atoms. The molecule has 0 radical (unpaired) electrons. The maximum atomic E-state index is 10.3. The van der Waals surface area contributed by atoms with Crippen molar-refractivity contribution in [2.24, 2.45) is 0 Å². The Labute approximate surface area is 91.9 Å². The Hall–Kier alpha value is -0.770. The van der Waals surface area contributed by atoms with Gasteiger partial charge >= 0.3 is 5.97 Å². The molecule has 78 valence electrons. The van der Waals surface area contributed by atoms with Gasteiger partial charge in [-0.25, -0.2) is 0 Å². The lowest BCUT2D eigenvalue weighted by atomic mass is 10.3. The van der Waals surface area contributed by atoms with E-state index >= 15 is 0 Å². The Morgan fingerprint density at radius 1 is 1.57 bits per heavy atom. The molecule has 0 atom stereocenters. The first-order chi connectivity index (χ1) is 6.52. The van der Waals surface area contributed by atoms with Crippen molar-refractivity contribution < 1.29 is 9.90 Å². The normalized spacial score (nSPS) is 10.5. The molecule has 3 nitrogen and oxygen atoms in total. The van der Waals surface area contributed by atoms with Crippen LogP contribution in [-0.2, 0) is 11.3 Å². The van der Waals surface area contributed by atoms with Gasteiger partial charge in [-0.05, 0) is 42.3 Å². The molecule has 0 saturated carbocycles. The fraction of sp³-hybridized carbons (Fsp3) is 0.500. The SMILES string of the molecule is Cc1cc(Br)c(C)n1CCCC(=O)O. The van der Waals surface area contributed by atoms with Gasteiger partial charge in [-0.15, -0.1) is 0 Å². The number of aliphatic carboxylic acids is 1. The predicted octanol–water partition coefficient (Wildman–Crippen LogP) is 2.73. The zero-order chi connectivity index (χ0) is 10.7. The second-order valence-corrected chi connectivity index (χ2v) is 4.22. The van der Waals surface area contributed by atoms with Crippen molar-refractivity contribution in [3.05, 3.63) is 21.9 Å². The average Bonchev–Trinajstić information content (AvgIpc) is 2.31. The van der Waals surface area contributed by atoms with E-state index in [1.807, 2.05) is 13.8 Å². The van der Waals surface area contributed by atoms with Gasteiger partial charge in [-0.1, -0.05) is 0 Å². The summed E-state index contributed by atoms with van der Waals surface area (Å²) in [4.78, 5) is 10.3. The van der Waals surface area contributed by atoms with Crippen molar-refractivity contribution in [2.75, 3.05) is 0 Å². The molecule has 1 aromatic heterocycles. The molecule has 0 amide bonds. The van der Waals surface area contributed by atoms with Gasteiger partial charge in [-0.3, -0.25) is 4.79 Å². The Bertz CT molecular complexity index is 344. The number of hydrogen-bond donors (Lipinski definition) is 1. The highest BCUT2D eigenvalue weighted by molar-refractivity contribution is 9.10. The summed E-state index contributed by atoms with van der Waals surface area (Å²) in [6.07, 6.45) is 0.910. The van der Waals surface area contributed by atoms with Crippen molar-refractivity contribution in [2.45, 2.75) is 33.2 Å². The minimum atomic E-state index is -0.730. The molecule has 0 aliphatic heterocycles. The number of carboxylic acids is 1. The molecule has 1 N–H and O–H groups in total. The van der Waals surface area contributed by atoms with Gasteiger partial charge in [0.05, 0.1) is 0 Å². The number of aryl methyl sites for hydroxylation is 1. The fourth-order valence-electron chi connectivity index (χ4n) is 1.49. The van der Waals surface area contributed by atoms with E-state index in [4.69, 9.17) is 5.11 Å². The molecular weight excluding hydrogens is 246 g/mol. The van der Waals surface area contributed by atoms with Crippen LogP contribution in [0.4, 0.5) is 0 Å². The molecule has 0 aromatic carbocycles. The summed E-state index contributed by atoms with van der Waals surface area (Å²) in [5.41, 5.74) is 2.33. The molecule has 1 heterocycles. The molecule has 0 aliphatic carbocycles. The summed E-state index contributed by atoms with van der Waals surface area (Å²) in [5, 5.41) is 8.52. The quantitative estimate of drug-likeness (QED) is 0.904. The van der Waals surface area contributed by atoms with Gasteiger partial charge in [0.25, 0.3) is 0 Å². The fourth-order valence-corrected chi connectivity index (χ4v) is 2.04. The van der Waals surface area contributed by atoms with Gasteiger partial charge in [0, 0.05) is 28.8 Å². The third kappa shape index (κ3) is 2.61. The Morgan fingerprint density at radius 3 is 2.64 bits per heavy atom. The molecule has 1 rings (SSSR count). The highest BCUT2D eigenvalue weighted by Gasteiger charge is 2.06. The summed E-state index contributed by atoms with van der Waals surface area (Å²) in [7, 11) is 0. The van der Waals surface area contributed by atoms with Crippen LogP contribution in [-0.4, -0.2) is 15.6 Å². The largest absolute Gasteiger partial charge is 0.481 e. The first-order valence-corrected chi connectivity index (χ1v) is 5.35. The third-order valence-electron chi connectivity index (χ3n) is 2.28. The Balaban J connectivity index is 2.62. The van der Waals surface area contributed by atoms with E-state index in [9.17, 15) is 4.79 Å². The van der Waals surface area contributed by atoms with E-state index in [1.54, 1.807) is 0 Å². The first kappa shape index (κ1) is 11.3. The molecule has 1 aromatic rings. The minimum absolute atomic E-state index is 0.231. The van der Waals surface area contributed by atoms with E-state index in [0.717, 1.165) is 16.7 Å².